The molecule has 0 spiro atoms. The van der Waals surface area contributed by atoms with Gasteiger partial charge in [-0.25, -0.2) is 0 Å². The number of hydrogen-bond acceptors (Lipinski definition) is 2. The first-order valence-electron chi connectivity index (χ1n) is 4.50. The number of ketones is 1. The second-order valence-electron chi connectivity index (χ2n) is 3.37. The molecule has 1 aromatic heterocycles. The molecule has 70 valence electrons. The van der Waals surface area contributed by atoms with Crippen molar-refractivity contribution in [1.29, 1.82) is 0 Å². The predicted molar refractivity (Wildman–Crippen MR) is 52.4 cm³/mol. The van der Waals surface area contributed by atoms with Gasteiger partial charge in [-0.2, -0.15) is 5.10 Å². The zero-order chi connectivity index (χ0) is 9.26. The van der Waals surface area contributed by atoms with Crippen molar-refractivity contribution in [2.75, 3.05) is 0 Å². The predicted octanol–water partition coefficient (Wildman–Crippen LogP) is 2.33. The molecule has 1 aliphatic carbocycles. The summed E-state index contributed by atoms with van der Waals surface area (Å²) in [6.07, 6.45) is 7.41. The molecule has 1 heterocycles. The molecular formula is C9H11BrN2O. The molecule has 1 unspecified atom stereocenters. The zero-order valence-electron chi connectivity index (χ0n) is 7.24. The van der Waals surface area contributed by atoms with Crippen LogP contribution in [-0.4, -0.2) is 15.6 Å². The Morgan fingerprint density at radius 1 is 1.54 bits per heavy atom. The van der Waals surface area contributed by atoms with Crippen LogP contribution in [0.4, 0.5) is 0 Å². The highest BCUT2D eigenvalue weighted by Crippen LogP contribution is 2.25. The lowest BCUT2D eigenvalue weighted by Gasteiger charge is -2.20. The van der Waals surface area contributed by atoms with Gasteiger partial charge in [-0.3, -0.25) is 9.48 Å². The molecule has 3 nitrogen and oxygen atoms in total. The van der Waals surface area contributed by atoms with E-state index < -0.39 is 0 Å². The van der Waals surface area contributed by atoms with Crippen molar-refractivity contribution < 1.29 is 4.79 Å². The molecular weight excluding hydrogens is 232 g/mol. The molecule has 1 atom stereocenters. The minimum atomic E-state index is -0.0138. The summed E-state index contributed by atoms with van der Waals surface area (Å²) >= 11 is 3.32. The first kappa shape index (κ1) is 8.94. The largest absolute Gasteiger partial charge is 0.297 e. The third-order valence-corrected chi connectivity index (χ3v) is 2.82. The number of nitrogens with zero attached hydrogens (tertiary/aromatic N) is 2. The highest BCUT2D eigenvalue weighted by atomic mass is 79.9. The molecule has 2 rings (SSSR count). The van der Waals surface area contributed by atoms with Crippen LogP contribution in [0.2, 0.25) is 0 Å². The molecule has 1 fully saturated rings. The number of aromatic nitrogens is 2. The second kappa shape index (κ2) is 3.62. The summed E-state index contributed by atoms with van der Waals surface area (Å²) < 4.78 is 2.71. The average Bonchev–Trinajstić information content (AvgIpc) is 2.53. The van der Waals surface area contributed by atoms with Crippen LogP contribution >= 0.6 is 15.9 Å². The Morgan fingerprint density at radius 2 is 2.38 bits per heavy atom. The Hall–Kier alpha value is -0.640. The highest BCUT2D eigenvalue weighted by molar-refractivity contribution is 9.10. The minimum absolute atomic E-state index is 0.0138. The lowest BCUT2D eigenvalue weighted by atomic mass is 9.94. The topological polar surface area (TPSA) is 34.9 Å². The molecule has 4 heteroatoms. The van der Waals surface area contributed by atoms with Crippen LogP contribution in [0.15, 0.2) is 16.9 Å². The fourth-order valence-corrected chi connectivity index (χ4v) is 2.03. The molecule has 1 aromatic rings. The Morgan fingerprint density at radius 3 is 3.00 bits per heavy atom. The van der Waals surface area contributed by atoms with Crippen LogP contribution < -0.4 is 0 Å². The van der Waals surface area contributed by atoms with Crippen molar-refractivity contribution in [2.45, 2.75) is 31.7 Å². The Balaban J connectivity index is 2.19. The van der Waals surface area contributed by atoms with Crippen LogP contribution in [0.3, 0.4) is 0 Å². The van der Waals surface area contributed by atoms with Gasteiger partial charge in [0.15, 0.2) is 5.78 Å². The quantitative estimate of drug-likeness (QED) is 0.758. The number of halogens is 1. The van der Waals surface area contributed by atoms with Crippen molar-refractivity contribution in [3.05, 3.63) is 16.9 Å². The monoisotopic (exact) mass is 242 g/mol. The number of carbonyl (C=O) groups is 1. The minimum Gasteiger partial charge on any atom is -0.297 e. The maximum atomic E-state index is 11.5. The van der Waals surface area contributed by atoms with Crippen molar-refractivity contribution >= 4 is 21.7 Å². The van der Waals surface area contributed by atoms with E-state index in [2.05, 4.69) is 21.0 Å². The molecule has 0 bridgehead atoms. The van der Waals surface area contributed by atoms with Crippen molar-refractivity contribution in [3.8, 4) is 0 Å². The van der Waals surface area contributed by atoms with E-state index in [4.69, 9.17) is 0 Å². The van der Waals surface area contributed by atoms with Crippen LogP contribution in [0, 0.1) is 0 Å². The fourth-order valence-electron chi connectivity index (χ4n) is 1.73. The van der Waals surface area contributed by atoms with E-state index in [1.165, 1.54) is 0 Å². The summed E-state index contributed by atoms with van der Waals surface area (Å²) in [5.41, 5.74) is 0. The van der Waals surface area contributed by atoms with E-state index >= 15 is 0 Å². The SMILES string of the molecule is O=C1CCCCC1n1cc(Br)cn1. The summed E-state index contributed by atoms with van der Waals surface area (Å²) in [5.74, 6) is 0.321. The Bertz CT molecular complexity index is 321. The molecule has 0 aromatic carbocycles. The molecule has 1 aliphatic rings. The first-order valence-corrected chi connectivity index (χ1v) is 5.29. The van der Waals surface area contributed by atoms with Gasteiger partial charge in [0.05, 0.1) is 10.7 Å². The Labute approximate surface area is 85.3 Å². The highest BCUT2D eigenvalue weighted by Gasteiger charge is 2.23. The molecule has 0 N–H and O–H groups in total. The number of hydrogen-bond donors (Lipinski definition) is 0. The van der Waals surface area contributed by atoms with Gasteiger partial charge in [0.2, 0.25) is 0 Å². The van der Waals surface area contributed by atoms with Crippen LogP contribution in [-0.2, 0) is 4.79 Å². The Kier molecular flexibility index (Phi) is 2.49. The molecule has 1 saturated carbocycles. The van der Waals surface area contributed by atoms with E-state index in [0.29, 0.717) is 12.2 Å². The van der Waals surface area contributed by atoms with Crippen molar-refractivity contribution in [2.24, 2.45) is 0 Å². The van der Waals surface area contributed by atoms with Crippen LogP contribution in [0.1, 0.15) is 31.7 Å². The van der Waals surface area contributed by atoms with Gasteiger partial charge in [0, 0.05) is 12.6 Å². The summed E-state index contributed by atoms with van der Waals surface area (Å²) in [6.45, 7) is 0. The number of Topliss-reactive ketones (excluding diaryl/α,β-unsaturated/α-hetero) is 1. The van der Waals surface area contributed by atoms with Gasteiger partial charge in [-0.15, -0.1) is 0 Å². The zero-order valence-corrected chi connectivity index (χ0v) is 8.83. The lowest BCUT2D eigenvalue weighted by Crippen LogP contribution is -2.23. The van der Waals surface area contributed by atoms with Gasteiger partial charge in [-0.1, -0.05) is 6.42 Å². The van der Waals surface area contributed by atoms with E-state index in [1.54, 1.807) is 10.9 Å². The van der Waals surface area contributed by atoms with Gasteiger partial charge in [0.25, 0.3) is 0 Å². The summed E-state index contributed by atoms with van der Waals surface area (Å²) in [4.78, 5) is 11.5. The fraction of sp³-hybridized carbons (Fsp3) is 0.556. The average molecular weight is 243 g/mol. The normalized spacial score (nSPS) is 23.5. The van der Waals surface area contributed by atoms with Gasteiger partial charge < -0.3 is 0 Å². The molecule has 0 amide bonds. The maximum Gasteiger partial charge on any atom is 0.157 e. The van der Waals surface area contributed by atoms with E-state index in [0.717, 1.165) is 23.7 Å². The number of carbonyl (C=O) groups excluding carboxylic acids is 1. The second-order valence-corrected chi connectivity index (χ2v) is 4.28. The lowest BCUT2D eigenvalue weighted by molar-refractivity contribution is -0.124. The van der Waals surface area contributed by atoms with Crippen LogP contribution in [0.25, 0.3) is 0 Å². The molecule has 13 heavy (non-hydrogen) atoms. The third-order valence-electron chi connectivity index (χ3n) is 2.41. The van der Waals surface area contributed by atoms with Gasteiger partial charge in [-0.05, 0) is 28.8 Å². The van der Waals surface area contributed by atoms with Gasteiger partial charge in [0.1, 0.15) is 6.04 Å². The summed E-state index contributed by atoms with van der Waals surface area (Å²) in [7, 11) is 0. The van der Waals surface area contributed by atoms with E-state index in [1.807, 2.05) is 6.20 Å². The summed E-state index contributed by atoms with van der Waals surface area (Å²) in [6, 6.07) is -0.0138. The summed E-state index contributed by atoms with van der Waals surface area (Å²) in [5, 5.41) is 4.14. The van der Waals surface area contributed by atoms with E-state index in [-0.39, 0.29) is 6.04 Å². The van der Waals surface area contributed by atoms with Gasteiger partial charge >= 0.3 is 0 Å². The standard InChI is InChI=1S/C9H11BrN2O/c10-7-5-11-12(6-7)8-3-1-2-4-9(8)13/h5-6,8H,1-4H2. The van der Waals surface area contributed by atoms with Crippen molar-refractivity contribution in [1.82, 2.24) is 9.78 Å². The van der Waals surface area contributed by atoms with Crippen molar-refractivity contribution in [3.63, 3.8) is 0 Å². The smallest absolute Gasteiger partial charge is 0.157 e. The third kappa shape index (κ3) is 1.82. The van der Waals surface area contributed by atoms with E-state index in [9.17, 15) is 4.79 Å². The number of rotatable bonds is 1. The maximum absolute atomic E-state index is 11.5. The molecule has 0 radical (unpaired) electrons. The first-order chi connectivity index (χ1) is 6.27. The van der Waals surface area contributed by atoms with Crippen LogP contribution in [0.5, 0.6) is 0 Å². The molecule has 0 saturated heterocycles. The molecule has 0 aliphatic heterocycles.